The molecule has 6 heteroatoms. The highest BCUT2D eigenvalue weighted by Crippen LogP contribution is 2.49. The molecule has 1 heterocycles. The maximum Gasteiger partial charge on any atom is 0.226 e. The third-order valence-electron chi connectivity index (χ3n) is 4.85. The van der Waals surface area contributed by atoms with Gasteiger partial charge in [0.25, 0.3) is 0 Å². The molecular formula is C16H22N2O3S. The number of likely N-dealkylation sites (tertiary alicyclic amines) is 1. The van der Waals surface area contributed by atoms with E-state index in [2.05, 4.69) is 19.1 Å². The van der Waals surface area contributed by atoms with E-state index in [0.717, 1.165) is 6.42 Å². The minimum Gasteiger partial charge on any atom is -0.341 e. The van der Waals surface area contributed by atoms with Crippen LogP contribution in [0.15, 0.2) is 24.3 Å². The number of piperidine rings is 1. The van der Waals surface area contributed by atoms with E-state index in [1.54, 1.807) is 4.90 Å². The van der Waals surface area contributed by atoms with Gasteiger partial charge in [-0.25, -0.2) is 13.6 Å². The molecule has 0 spiro atoms. The van der Waals surface area contributed by atoms with Crippen molar-refractivity contribution in [1.82, 2.24) is 4.90 Å². The molecule has 3 atom stereocenters. The van der Waals surface area contributed by atoms with Crippen LogP contribution in [0.5, 0.6) is 0 Å². The fourth-order valence-corrected chi connectivity index (χ4v) is 4.34. The zero-order valence-corrected chi connectivity index (χ0v) is 13.6. The predicted molar refractivity (Wildman–Crippen MR) is 84.7 cm³/mol. The Kier molecular flexibility index (Phi) is 3.99. The van der Waals surface area contributed by atoms with E-state index in [9.17, 15) is 13.2 Å². The summed E-state index contributed by atoms with van der Waals surface area (Å²) in [5.74, 6) is 0.366. The van der Waals surface area contributed by atoms with E-state index < -0.39 is 15.3 Å². The molecule has 120 valence electrons. The van der Waals surface area contributed by atoms with Gasteiger partial charge in [-0.2, -0.15) is 0 Å². The number of aryl methyl sites for hydroxylation is 1. The van der Waals surface area contributed by atoms with E-state index in [-0.39, 0.29) is 24.3 Å². The molecule has 1 saturated heterocycles. The van der Waals surface area contributed by atoms with Gasteiger partial charge in [-0.15, -0.1) is 0 Å². The summed E-state index contributed by atoms with van der Waals surface area (Å²) < 4.78 is 23.0. The number of amides is 1. The van der Waals surface area contributed by atoms with Crippen molar-refractivity contribution in [2.24, 2.45) is 11.1 Å². The van der Waals surface area contributed by atoms with Gasteiger partial charge in [-0.1, -0.05) is 24.3 Å². The molecule has 0 aromatic heterocycles. The highest BCUT2D eigenvalue weighted by molar-refractivity contribution is 7.89. The van der Waals surface area contributed by atoms with Crippen LogP contribution in [-0.4, -0.2) is 37.6 Å². The fourth-order valence-electron chi connectivity index (χ4n) is 3.46. The number of sulfonamides is 1. The number of nitrogens with zero attached hydrogens (tertiary/aromatic N) is 1. The summed E-state index contributed by atoms with van der Waals surface area (Å²) >= 11 is 0. The highest BCUT2D eigenvalue weighted by Gasteiger charge is 2.47. The average molecular weight is 322 g/mol. The Balaban J connectivity index is 1.67. The number of hydrogen-bond donors (Lipinski definition) is 1. The van der Waals surface area contributed by atoms with E-state index >= 15 is 0 Å². The van der Waals surface area contributed by atoms with Crippen LogP contribution in [0.25, 0.3) is 0 Å². The summed E-state index contributed by atoms with van der Waals surface area (Å²) in [6.45, 7) is 2.95. The summed E-state index contributed by atoms with van der Waals surface area (Å²) in [6.07, 6.45) is 2.11. The SMILES string of the molecule is Cc1ccccc1[C@@H]1C[C@@H]1C(=O)N1CCC[C@H](S(N)(=O)=O)C1. The molecule has 1 aromatic carbocycles. The van der Waals surface area contributed by atoms with Crippen LogP contribution in [-0.2, 0) is 14.8 Å². The third kappa shape index (κ3) is 3.03. The Labute approximate surface area is 131 Å². The van der Waals surface area contributed by atoms with Crippen LogP contribution in [0.3, 0.4) is 0 Å². The zero-order chi connectivity index (χ0) is 15.9. The second kappa shape index (κ2) is 5.66. The van der Waals surface area contributed by atoms with Crippen LogP contribution < -0.4 is 5.14 Å². The smallest absolute Gasteiger partial charge is 0.226 e. The van der Waals surface area contributed by atoms with Crippen molar-refractivity contribution in [3.8, 4) is 0 Å². The molecule has 1 aromatic rings. The van der Waals surface area contributed by atoms with E-state index in [1.807, 2.05) is 12.1 Å². The maximum atomic E-state index is 12.6. The van der Waals surface area contributed by atoms with Crippen LogP contribution in [0, 0.1) is 12.8 Å². The van der Waals surface area contributed by atoms with Gasteiger partial charge in [-0.05, 0) is 43.2 Å². The van der Waals surface area contributed by atoms with Crippen molar-refractivity contribution in [2.45, 2.75) is 37.4 Å². The van der Waals surface area contributed by atoms with Crippen molar-refractivity contribution >= 4 is 15.9 Å². The normalized spacial score (nSPS) is 28.5. The molecule has 2 aliphatic rings. The number of primary sulfonamides is 1. The molecule has 1 aliphatic heterocycles. The number of carbonyl (C=O) groups is 1. The van der Waals surface area contributed by atoms with Crippen molar-refractivity contribution in [1.29, 1.82) is 0 Å². The van der Waals surface area contributed by atoms with Crippen molar-refractivity contribution in [3.63, 3.8) is 0 Å². The second-order valence-electron chi connectivity index (χ2n) is 6.44. The van der Waals surface area contributed by atoms with Gasteiger partial charge in [0.15, 0.2) is 0 Å². The van der Waals surface area contributed by atoms with Crippen LogP contribution in [0.4, 0.5) is 0 Å². The average Bonchev–Trinajstić information content (AvgIpc) is 3.26. The van der Waals surface area contributed by atoms with Crippen LogP contribution in [0.1, 0.15) is 36.3 Å². The maximum absolute atomic E-state index is 12.6. The number of rotatable bonds is 3. The minimum absolute atomic E-state index is 0.000304. The molecule has 1 aliphatic carbocycles. The number of hydrogen-bond acceptors (Lipinski definition) is 3. The summed E-state index contributed by atoms with van der Waals surface area (Å²) in [7, 11) is -3.56. The van der Waals surface area contributed by atoms with Gasteiger partial charge >= 0.3 is 0 Å². The van der Waals surface area contributed by atoms with Gasteiger partial charge in [-0.3, -0.25) is 4.79 Å². The lowest BCUT2D eigenvalue weighted by atomic mass is 10.0. The molecule has 0 unspecified atom stereocenters. The Bertz CT molecular complexity index is 686. The molecule has 2 N–H and O–H groups in total. The summed E-state index contributed by atoms with van der Waals surface area (Å²) in [5, 5.41) is 4.63. The lowest BCUT2D eigenvalue weighted by molar-refractivity contribution is -0.133. The van der Waals surface area contributed by atoms with Crippen LogP contribution >= 0.6 is 0 Å². The quantitative estimate of drug-likeness (QED) is 0.913. The first kappa shape index (κ1) is 15.5. The highest BCUT2D eigenvalue weighted by atomic mass is 32.2. The summed E-state index contributed by atoms with van der Waals surface area (Å²) in [5.41, 5.74) is 2.45. The Hall–Kier alpha value is -1.40. The van der Waals surface area contributed by atoms with Gasteiger partial charge in [0.1, 0.15) is 0 Å². The van der Waals surface area contributed by atoms with Crippen molar-refractivity contribution < 1.29 is 13.2 Å². The first-order valence-electron chi connectivity index (χ1n) is 7.74. The summed E-state index contributed by atoms with van der Waals surface area (Å²) in [6, 6.07) is 8.14. The molecule has 1 amide bonds. The molecular weight excluding hydrogens is 300 g/mol. The van der Waals surface area contributed by atoms with Crippen molar-refractivity contribution in [3.05, 3.63) is 35.4 Å². The number of nitrogens with two attached hydrogens (primary N) is 1. The third-order valence-corrected chi connectivity index (χ3v) is 6.16. The first-order chi connectivity index (χ1) is 10.4. The van der Waals surface area contributed by atoms with E-state index in [4.69, 9.17) is 5.14 Å². The standard InChI is InChI=1S/C16H22N2O3S/c1-11-5-2-3-7-13(11)14-9-15(14)16(19)18-8-4-6-12(10-18)22(17,20)21/h2-3,5,7,12,14-15H,4,6,8-10H2,1H3,(H2,17,20,21)/t12-,14-,15-/m0/s1. The monoisotopic (exact) mass is 322 g/mol. The van der Waals surface area contributed by atoms with E-state index in [1.165, 1.54) is 11.1 Å². The lowest BCUT2D eigenvalue weighted by Crippen LogP contribution is -2.47. The topological polar surface area (TPSA) is 80.5 Å². The lowest BCUT2D eigenvalue weighted by Gasteiger charge is -2.31. The predicted octanol–water partition coefficient (Wildman–Crippen LogP) is 1.38. The van der Waals surface area contributed by atoms with Crippen molar-refractivity contribution in [2.75, 3.05) is 13.1 Å². The molecule has 2 fully saturated rings. The Morgan fingerprint density at radius 3 is 2.73 bits per heavy atom. The fraction of sp³-hybridized carbons (Fsp3) is 0.562. The molecule has 3 rings (SSSR count). The molecule has 0 radical (unpaired) electrons. The van der Waals surface area contributed by atoms with Gasteiger partial charge in [0, 0.05) is 19.0 Å². The Morgan fingerprint density at radius 2 is 2.05 bits per heavy atom. The largest absolute Gasteiger partial charge is 0.341 e. The molecule has 5 nitrogen and oxygen atoms in total. The minimum atomic E-state index is -3.56. The Morgan fingerprint density at radius 1 is 1.32 bits per heavy atom. The first-order valence-corrected chi connectivity index (χ1v) is 9.35. The van der Waals surface area contributed by atoms with Crippen LogP contribution in [0.2, 0.25) is 0 Å². The number of benzene rings is 1. The number of carbonyl (C=O) groups excluding carboxylic acids is 1. The zero-order valence-electron chi connectivity index (χ0n) is 12.7. The van der Waals surface area contributed by atoms with Gasteiger partial charge in [0.05, 0.1) is 5.25 Å². The molecule has 1 saturated carbocycles. The van der Waals surface area contributed by atoms with Gasteiger partial charge < -0.3 is 4.90 Å². The molecule has 0 bridgehead atoms. The molecule has 22 heavy (non-hydrogen) atoms. The van der Waals surface area contributed by atoms with E-state index in [0.29, 0.717) is 19.4 Å². The summed E-state index contributed by atoms with van der Waals surface area (Å²) in [4.78, 5) is 14.3. The van der Waals surface area contributed by atoms with Gasteiger partial charge in [0.2, 0.25) is 15.9 Å². The second-order valence-corrected chi connectivity index (χ2v) is 8.29.